The van der Waals surface area contributed by atoms with Crippen molar-refractivity contribution >= 4 is 11.7 Å². The highest BCUT2D eigenvalue weighted by Crippen LogP contribution is 2.19. The molecule has 2 rings (SSSR count). The zero-order valence-corrected chi connectivity index (χ0v) is 12.0. The summed E-state index contributed by atoms with van der Waals surface area (Å²) in [4.78, 5) is 13.6. The Morgan fingerprint density at radius 3 is 2.77 bits per heavy atom. The molecule has 1 aliphatic heterocycles. The lowest BCUT2D eigenvalue weighted by Gasteiger charge is -2.25. The normalized spacial score (nSPS) is 17.0. The Hall–Kier alpha value is -2.20. The van der Waals surface area contributed by atoms with Crippen molar-refractivity contribution in [2.45, 2.75) is 25.4 Å². The van der Waals surface area contributed by atoms with E-state index in [1.165, 1.54) is 11.0 Å². The van der Waals surface area contributed by atoms with Crippen LogP contribution in [0.2, 0.25) is 0 Å². The zero-order chi connectivity index (χ0) is 15.9. The standard InChI is InChI=1S/C15H17F2N3O2/c16-12-5-1-6-13(17)14(12)19-15(21)20(8-3-7-18)10-11-4-2-9-22-11/h1,5-6,11H,2-4,8-10H2,(H,19,21). The van der Waals surface area contributed by atoms with Gasteiger partial charge < -0.3 is 15.0 Å². The van der Waals surface area contributed by atoms with Gasteiger partial charge >= 0.3 is 6.03 Å². The van der Waals surface area contributed by atoms with E-state index < -0.39 is 23.4 Å². The highest BCUT2D eigenvalue weighted by atomic mass is 19.1. The van der Waals surface area contributed by atoms with Gasteiger partial charge in [0.15, 0.2) is 0 Å². The molecule has 0 saturated carbocycles. The average Bonchev–Trinajstić information content (AvgIpc) is 3.00. The number of nitriles is 1. The summed E-state index contributed by atoms with van der Waals surface area (Å²) in [6.07, 6.45) is 1.78. The first kappa shape index (κ1) is 16.2. The quantitative estimate of drug-likeness (QED) is 0.909. The fourth-order valence-corrected chi connectivity index (χ4v) is 2.30. The van der Waals surface area contributed by atoms with Gasteiger partial charge in [-0.25, -0.2) is 13.6 Å². The van der Waals surface area contributed by atoms with Crippen LogP contribution in [0.25, 0.3) is 0 Å². The van der Waals surface area contributed by atoms with Gasteiger partial charge in [-0.15, -0.1) is 0 Å². The van der Waals surface area contributed by atoms with Crippen LogP contribution in [0.5, 0.6) is 0 Å². The van der Waals surface area contributed by atoms with Gasteiger partial charge in [0.05, 0.1) is 18.6 Å². The molecule has 7 heteroatoms. The van der Waals surface area contributed by atoms with Crippen molar-refractivity contribution in [3.63, 3.8) is 0 Å². The molecule has 22 heavy (non-hydrogen) atoms. The Morgan fingerprint density at radius 1 is 1.45 bits per heavy atom. The Bertz CT molecular complexity index is 548. The largest absolute Gasteiger partial charge is 0.376 e. The molecular weight excluding hydrogens is 292 g/mol. The van der Waals surface area contributed by atoms with Gasteiger partial charge in [-0.05, 0) is 25.0 Å². The van der Waals surface area contributed by atoms with Crippen molar-refractivity contribution in [3.05, 3.63) is 29.8 Å². The molecule has 1 atom stereocenters. The smallest absolute Gasteiger partial charge is 0.322 e. The monoisotopic (exact) mass is 309 g/mol. The van der Waals surface area contributed by atoms with Gasteiger partial charge in [-0.2, -0.15) is 5.26 Å². The lowest BCUT2D eigenvalue weighted by Crippen LogP contribution is -2.41. The highest BCUT2D eigenvalue weighted by Gasteiger charge is 2.23. The van der Waals surface area contributed by atoms with Gasteiger partial charge in [-0.1, -0.05) is 6.07 Å². The number of halogens is 2. The van der Waals surface area contributed by atoms with Crippen LogP contribution in [0, 0.1) is 23.0 Å². The number of benzene rings is 1. The summed E-state index contributed by atoms with van der Waals surface area (Å²) in [6.45, 7) is 1.11. The fourth-order valence-electron chi connectivity index (χ4n) is 2.30. The van der Waals surface area contributed by atoms with Crippen molar-refractivity contribution in [2.24, 2.45) is 0 Å². The first-order valence-electron chi connectivity index (χ1n) is 7.10. The average molecular weight is 309 g/mol. The molecule has 1 aromatic rings. The van der Waals surface area contributed by atoms with E-state index >= 15 is 0 Å². The van der Waals surface area contributed by atoms with Gasteiger partial charge in [-0.3, -0.25) is 0 Å². The summed E-state index contributed by atoms with van der Waals surface area (Å²) in [5.41, 5.74) is -0.484. The highest BCUT2D eigenvalue weighted by molar-refractivity contribution is 5.89. The molecule has 1 heterocycles. The van der Waals surface area contributed by atoms with Crippen LogP contribution in [0.3, 0.4) is 0 Å². The molecule has 1 aliphatic rings. The number of hydrogen-bond acceptors (Lipinski definition) is 3. The third-order valence-electron chi connectivity index (χ3n) is 3.42. The number of hydrogen-bond donors (Lipinski definition) is 1. The topological polar surface area (TPSA) is 65.4 Å². The number of urea groups is 1. The number of ether oxygens (including phenoxy) is 1. The predicted octanol–water partition coefficient (Wildman–Crippen LogP) is 2.89. The van der Waals surface area contributed by atoms with E-state index in [0.29, 0.717) is 13.2 Å². The van der Waals surface area contributed by atoms with Gasteiger partial charge in [0.25, 0.3) is 0 Å². The minimum atomic E-state index is -0.842. The maximum atomic E-state index is 13.6. The number of carbonyl (C=O) groups excluding carboxylic acids is 1. The molecule has 5 nitrogen and oxygen atoms in total. The molecule has 0 aliphatic carbocycles. The number of amides is 2. The van der Waals surface area contributed by atoms with E-state index in [4.69, 9.17) is 10.00 Å². The lowest BCUT2D eigenvalue weighted by atomic mass is 10.2. The Labute approximate surface area is 127 Å². The van der Waals surface area contributed by atoms with Crippen LogP contribution in [0.4, 0.5) is 19.3 Å². The van der Waals surface area contributed by atoms with E-state index in [2.05, 4.69) is 5.32 Å². The summed E-state index contributed by atoms with van der Waals surface area (Å²) < 4.78 is 32.6. The van der Waals surface area contributed by atoms with E-state index in [-0.39, 0.29) is 19.1 Å². The number of nitrogens with zero attached hydrogens (tertiary/aromatic N) is 2. The van der Waals surface area contributed by atoms with Crippen molar-refractivity contribution in [1.82, 2.24) is 4.90 Å². The third kappa shape index (κ3) is 4.15. The molecule has 0 bridgehead atoms. The summed E-state index contributed by atoms with van der Waals surface area (Å²) in [7, 11) is 0. The van der Waals surface area contributed by atoms with Crippen LogP contribution in [-0.2, 0) is 4.74 Å². The van der Waals surface area contributed by atoms with Gasteiger partial charge in [0.2, 0.25) is 0 Å². The molecule has 0 aromatic heterocycles. The third-order valence-corrected chi connectivity index (χ3v) is 3.42. The van der Waals surface area contributed by atoms with Gasteiger partial charge in [0.1, 0.15) is 17.3 Å². The molecular formula is C15H17F2N3O2. The minimum absolute atomic E-state index is 0.102. The summed E-state index contributed by atoms with van der Waals surface area (Å²) in [6, 6.07) is 4.67. The molecule has 2 amide bonds. The second kappa shape index (κ2) is 7.71. The van der Waals surface area contributed by atoms with Crippen molar-refractivity contribution in [1.29, 1.82) is 5.26 Å². The van der Waals surface area contributed by atoms with Crippen LogP contribution >= 0.6 is 0 Å². The first-order valence-corrected chi connectivity index (χ1v) is 7.10. The SMILES string of the molecule is N#CCCN(CC1CCCO1)C(=O)Nc1c(F)cccc1F. The molecule has 1 aromatic carbocycles. The van der Waals surface area contributed by atoms with Crippen LogP contribution in [0.1, 0.15) is 19.3 Å². The van der Waals surface area contributed by atoms with Crippen LogP contribution < -0.4 is 5.32 Å². The number of rotatable bonds is 5. The number of nitrogens with one attached hydrogen (secondary N) is 1. The molecule has 1 N–H and O–H groups in total. The molecule has 1 unspecified atom stereocenters. The fraction of sp³-hybridized carbons (Fsp3) is 0.467. The molecule has 0 radical (unpaired) electrons. The van der Waals surface area contributed by atoms with E-state index in [0.717, 1.165) is 25.0 Å². The molecule has 0 spiro atoms. The zero-order valence-electron chi connectivity index (χ0n) is 12.0. The second-order valence-electron chi connectivity index (χ2n) is 5.02. The maximum Gasteiger partial charge on any atom is 0.322 e. The van der Waals surface area contributed by atoms with Crippen LogP contribution in [-0.4, -0.2) is 36.7 Å². The molecule has 1 saturated heterocycles. The number of anilines is 1. The number of para-hydroxylation sites is 1. The predicted molar refractivity (Wildman–Crippen MR) is 76.2 cm³/mol. The van der Waals surface area contributed by atoms with Crippen LogP contribution in [0.15, 0.2) is 18.2 Å². The van der Waals surface area contributed by atoms with Gasteiger partial charge in [0, 0.05) is 19.7 Å². The Balaban J connectivity index is 2.05. The summed E-state index contributed by atoms with van der Waals surface area (Å²) in [5.74, 6) is -1.68. The van der Waals surface area contributed by atoms with E-state index in [1.54, 1.807) is 0 Å². The minimum Gasteiger partial charge on any atom is -0.376 e. The summed E-state index contributed by atoms with van der Waals surface area (Å²) >= 11 is 0. The number of carbonyl (C=O) groups is 1. The van der Waals surface area contributed by atoms with Crippen molar-refractivity contribution in [3.8, 4) is 6.07 Å². The Morgan fingerprint density at radius 2 is 2.18 bits per heavy atom. The molecule has 118 valence electrons. The van der Waals surface area contributed by atoms with E-state index in [1.807, 2.05) is 6.07 Å². The first-order chi connectivity index (χ1) is 10.6. The second-order valence-corrected chi connectivity index (χ2v) is 5.02. The van der Waals surface area contributed by atoms with E-state index in [9.17, 15) is 13.6 Å². The van der Waals surface area contributed by atoms with Crippen molar-refractivity contribution in [2.75, 3.05) is 25.0 Å². The lowest BCUT2D eigenvalue weighted by molar-refractivity contribution is 0.0841. The Kier molecular flexibility index (Phi) is 5.67. The van der Waals surface area contributed by atoms with Crippen molar-refractivity contribution < 1.29 is 18.3 Å². The maximum absolute atomic E-state index is 13.6. The summed E-state index contributed by atoms with van der Waals surface area (Å²) in [5, 5.41) is 10.9. The molecule has 1 fully saturated rings.